The second-order valence-electron chi connectivity index (χ2n) is 14.2. The topological polar surface area (TPSA) is 42.5 Å². The van der Waals surface area contributed by atoms with Gasteiger partial charge in [-0.05, 0) is 64.9 Å². The maximum absolute atomic E-state index is 6.96. The predicted octanol–water partition coefficient (Wildman–Crippen LogP) is 13.0. The fourth-order valence-corrected chi connectivity index (χ4v) is 9.99. The number of hydrogen-bond donors (Lipinski definition) is 1. The normalized spacial score (nSPS) is 15.4. The molecule has 0 radical (unpaired) electrons. The molecule has 0 fully saturated rings. The molecular weight excluding hydrogens is 667 g/mol. The monoisotopic (exact) mass is 697 g/mol. The summed E-state index contributed by atoms with van der Waals surface area (Å²) in [6, 6.07) is 50.4. The summed E-state index contributed by atoms with van der Waals surface area (Å²) in [5.41, 5.74) is 11.1. The lowest BCUT2D eigenvalue weighted by Gasteiger charge is -2.24. The zero-order chi connectivity index (χ0) is 34.6. The molecule has 250 valence electrons. The molecule has 0 saturated carbocycles. The molecule has 4 heterocycles. The lowest BCUT2D eigenvalue weighted by Crippen LogP contribution is -2.19. The molecular formula is C48H31N3OS. The Morgan fingerprint density at radius 3 is 2.42 bits per heavy atom. The van der Waals surface area contributed by atoms with E-state index in [0.717, 1.165) is 63.0 Å². The maximum Gasteiger partial charge on any atom is 0.159 e. The Kier molecular flexibility index (Phi) is 6.08. The van der Waals surface area contributed by atoms with Crippen LogP contribution in [0.5, 0.6) is 0 Å². The molecule has 53 heavy (non-hydrogen) atoms. The van der Waals surface area contributed by atoms with Crippen LogP contribution in [0.15, 0.2) is 155 Å². The van der Waals surface area contributed by atoms with Crippen molar-refractivity contribution in [3.8, 4) is 5.69 Å². The number of nitrogens with one attached hydrogen (secondary N) is 1. The smallest absolute Gasteiger partial charge is 0.159 e. The molecule has 4 nitrogen and oxygen atoms in total. The van der Waals surface area contributed by atoms with E-state index in [1.807, 2.05) is 0 Å². The van der Waals surface area contributed by atoms with E-state index in [9.17, 15) is 0 Å². The van der Waals surface area contributed by atoms with Gasteiger partial charge in [0, 0.05) is 48.5 Å². The fourth-order valence-electron chi connectivity index (χ4n) is 8.80. The molecule has 1 aliphatic heterocycles. The summed E-state index contributed by atoms with van der Waals surface area (Å²) in [5.74, 6) is 0. The first-order valence-electron chi connectivity index (χ1n) is 18.3. The van der Waals surface area contributed by atoms with Crippen LogP contribution in [0.2, 0.25) is 0 Å². The predicted molar refractivity (Wildman–Crippen MR) is 223 cm³/mol. The lowest BCUT2D eigenvalue weighted by atomic mass is 9.99. The molecule has 0 amide bonds. The number of hydrogen-bond acceptors (Lipinski definition) is 4. The summed E-state index contributed by atoms with van der Waals surface area (Å²) in [6.45, 7) is 0. The number of aliphatic imine (C=N–C) groups is 1. The molecule has 3 aromatic heterocycles. The number of anilines is 1. The lowest BCUT2D eigenvalue weighted by molar-refractivity contribution is 0.664. The molecule has 2 aliphatic rings. The Labute approximate surface area is 308 Å². The van der Waals surface area contributed by atoms with Crippen LogP contribution in [-0.2, 0) is 6.42 Å². The van der Waals surface area contributed by atoms with E-state index < -0.39 is 0 Å². The van der Waals surface area contributed by atoms with Gasteiger partial charge in [0.05, 0.1) is 27.5 Å². The first-order valence-corrected chi connectivity index (χ1v) is 19.1. The summed E-state index contributed by atoms with van der Waals surface area (Å²) in [6.07, 6.45) is 6.41. The van der Waals surface area contributed by atoms with Crippen LogP contribution in [0, 0.1) is 0 Å². The number of allylic oxidation sites excluding steroid dienone is 1. The van der Waals surface area contributed by atoms with Crippen molar-refractivity contribution in [1.82, 2.24) is 4.57 Å². The highest BCUT2D eigenvalue weighted by molar-refractivity contribution is 7.22. The molecule has 0 saturated heterocycles. The van der Waals surface area contributed by atoms with E-state index in [4.69, 9.17) is 9.41 Å². The summed E-state index contributed by atoms with van der Waals surface area (Å²) < 4.78 is 10.7. The number of thiophene rings is 1. The molecule has 1 aliphatic carbocycles. The number of fused-ring (bicyclic) bond motifs is 12. The number of nitrogens with zero attached hydrogens (tertiary/aromatic N) is 2. The molecule has 1 atom stereocenters. The van der Waals surface area contributed by atoms with E-state index in [0.29, 0.717) is 0 Å². The number of rotatable bonds is 3. The molecule has 5 heteroatoms. The summed E-state index contributed by atoms with van der Waals surface area (Å²) in [5, 5.41) is 13.6. The van der Waals surface area contributed by atoms with Crippen molar-refractivity contribution in [2.24, 2.45) is 4.99 Å². The van der Waals surface area contributed by atoms with Gasteiger partial charge in [-0.15, -0.1) is 11.3 Å². The standard InChI is InChI=1S/C48H31N3OS/c1-2-12-30-26-31(21-20-28(30)10-1)43-47-44(38-15-6-8-19-42(38)53-47)50-48(49-43)32-23-24-35-37-16-9-18-40(46(37)52-41(35)27-32)51-39-17-7-5-14-34(39)36-25-22-29-11-3-4-13-33(29)45(36)51/h1-4,6-13,15-27,48,50H,5,14H2. The number of aryl methyl sites for hydroxylation is 1. The van der Waals surface area contributed by atoms with Crippen molar-refractivity contribution in [2.45, 2.75) is 19.0 Å². The van der Waals surface area contributed by atoms with Crippen LogP contribution in [-0.4, -0.2) is 10.3 Å². The minimum atomic E-state index is -0.282. The minimum absolute atomic E-state index is 0.282. The highest BCUT2D eigenvalue weighted by Crippen LogP contribution is 2.45. The number of benzene rings is 7. The molecule has 0 bridgehead atoms. The first kappa shape index (κ1) is 29.2. The van der Waals surface area contributed by atoms with Gasteiger partial charge in [0.25, 0.3) is 0 Å². The van der Waals surface area contributed by atoms with Gasteiger partial charge in [-0.25, -0.2) is 0 Å². The van der Waals surface area contributed by atoms with Crippen LogP contribution < -0.4 is 5.32 Å². The van der Waals surface area contributed by atoms with Gasteiger partial charge in [-0.1, -0.05) is 121 Å². The SMILES string of the molecule is C1=Cc2c(c3ccc4ccccc4c3n2-c2cccc3c2oc2cc(C4N=C(c5ccc6ccccc6c5)c5sc6ccccc6c5N4)ccc23)CC1. The molecule has 1 N–H and O–H groups in total. The fraction of sp³-hybridized carbons (Fsp3) is 0.0625. The Balaban J connectivity index is 1.05. The molecule has 0 spiro atoms. The van der Waals surface area contributed by atoms with E-state index in [1.54, 1.807) is 11.3 Å². The van der Waals surface area contributed by atoms with Gasteiger partial charge >= 0.3 is 0 Å². The first-order chi connectivity index (χ1) is 26.3. The van der Waals surface area contributed by atoms with Gasteiger partial charge in [0.2, 0.25) is 0 Å². The Morgan fingerprint density at radius 2 is 1.47 bits per heavy atom. The van der Waals surface area contributed by atoms with Crippen LogP contribution in [0.4, 0.5) is 5.69 Å². The number of aromatic nitrogens is 1. The van der Waals surface area contributed by atoms with E-state index >= 15 is 0 Å². The van der Waals surface area contributed by atoms with Gasteiger partial charge in [-0.2, -0.15) is 0 Å². The van der Waals surface area contributed by atoms with E-state index in [-0.39, 0.29) is 6.17 Å². The molecule has 7 aromatic carbocycles. The third-order valence-electron chi connectivity index (χ3n) is 11.3. The van der Waals surface area contributed by atoms with Gasteiger partial charge in [-0.3, -0.25) is 4.99 Å². The third-order valence-corrected chi connectivity index (χ3v) is 12.4. The van der Waals surface area contributed by atoms with E-state index in [1.165, 1.54) is 58.7 Å². The Bertz CT molecular complexity index is 3230. The van der Waals surface area contributed by atoms with Crippen LogP contribution in [0.3, 0.4) is 0 Å². The minimum Gasteiger partial charge on any atom is -0.454 e. The van der Waals surface area contributed by atoms with Gasteiger partial charge < -0.3 is 14.3 Å². The zero-order valence-corrected chi connectivity index (χ0v) is 29.5. The van der Waals surface area contributed by atoms with Crippen molar-refractivity contribution < 1.29 is 4.42 Å². The highest BCUT2D eigenvalue weighted by Gasteiger charge is 2.28. The van der Waals surface area contributed by atoms with Crippen molar-refractivity contribution >= 4 is 93.3 Å². The van der Waals surface area contributed by atoms with Gasteiger partial charge in [0.1, 0.15) is 11.7 Å². The Hall–Kier alpha value is -6.43. The van der Waals surface area contributed by atoms with Crippen molar-refractivity contribution in [3.63, 3.8) is 0 Å². The van der Waals surface area contributed by atoms with Crippen molar-refractivity contribution in [2.75, 3.05) is 5.32 Å². The van der Waals surface area contributed by atoms with Crippen LogP contribution >= 0.6 is 11.3 Å². The average Bonchev–Trinajstić information content (AvgIpc) is 3.90. The van der Waals surface area contributed by atoms with Crippen LogP contribution in [0.25, 0.3) is 76.2 Å². The largest absolute Gasteiger partial charge is 0.454 e. The van der Waals surface area contributed by atoms with Crippen LogP contribution in [0.1, 0.15) is 39.8 Å². The highest BCUT2D eigenvalue weighted by atomic mass is 32.1. The van der Waals surface area contributed by atoms with Crippen molar-refractivity contribution in [1.29, 1.82) is 0 Å². The summed E-state index contributed by atoms with van der Waals surface area (Å²) in [4.78, 5) is 6.64. The average molecular weight is 698 g/mol. The second-order valence-corrected chi connectivity index (χ2v) is 15.3. The van der Waals surface area contributed by atoms with Gasteiger partial charge in [0.15, 0.2) is 5.58 Å². The van der Waals surface area contributed by atoms with Crippen molar-refractivity contribution in [3.05, 3.63) is 173 Å². The molecule has 12 rings (SSSR count). The number of para-hydroxylation sites is 1. The molecule has 1 unspecified atom stereocenters. The Morgan fingerprint density at radius 1 is 0.679 bits per heavy atom. The number of furan rings is 1. The summed E-state index contributed by atoms with van der Waals surface area (Å²) in [7, 11) is 0. The zero-order valence-electron chi connectivity index (χ0n) is 28.6. The maximum atomic E-state index is 6.96. The third kappa shape index (κ3) is 4.26. The van der Waals surface area contributed by atoms with E-state index in [2.05, 4.69) is 162 Å². The quantitative estimate of drug-likeness (QED) is 0.200. The molecule has 10 aromatic rings. The summed E-state index contributed by atoms with van der Waals surface area (Å²) >= 11 is 1.80. The second kappa shape index (κ2) is 11.0.